The van der Waals surface area contributed by atoms with Gasteiger partial charge in [0.05, 0.1) is 0 Å². The molecular formula is C12H19N. The second-order valence-electron chi connectivity index (χ2n) is 4.17. The monoisotopic (exact) mass is 177 g/mol. The average Bonchev–Trinajstić information content (AvgIpc) is 2.20. The lowest BCUT2D eigenvalue weighted by molar-refractivity contribution is 0.409. The zero-order valence-electron chi connectivity index (χ0n) is 8.47. The van der Waals surface area contributed by atoms with Gasteiger partial charge >= 0.3 is 0 Å². The summed E-state index contributed by atoms with van der Waals surface area (Å²) in [6.07, 6.45) is 9.88. The molecule has 0 bridgehead atoms. The lowest BCUT2D eigenvalue weighted by Gasteiger charge is -2.27. The topological polar surface area (TPSA) is 12.0 Å². The number of hydrogen-bond donors (Lipinski definition) is 1. The molecule has 1 aliphatic carbocycles. The number of rotatable bonds is 1. The highest BCUT2D eigenvalue weighted by molar-refractivity contribution is 5.29. The van der Waals surface area contributed by atoms with Crippen molar-refractivity contribution < 1.29 is 0 Å². The summed E-state index contributed by atoms with van der Waals surface area (Å²) in [6.45, 7) is 4.70. The number of nitrogens with one attached hydrogen (secondary N) is 1. The molecule has 0 unspecified atom stereocenters. The van der Waals surface area contributed by atoms with Gasteiger partial charge in [-0.05, 0) is 51.6 Å². The Hall–Kier alpha value is -0.560. The van der Waals surface area contributed by atoms with E-state index in [1.807, 2.05) is 0 Å². The van der Waals surface area contributed by atoms with Gasteiger partial charge in [0.15, 0.2) is 0 Å². The number of piperidine rings is 1. The Morgan fingerprint density at radius 1 is 1.31 bits per heavy atom. The highest BCUT2D eigenvalue weighted by Crippen LogP contribution is 2.30. The smallest absolute Gasteiger partial charge is 0.00432 e. The molecule has 0 saturated carbocycles. The quantitative estimate of drug-likeness (QED) is 0.649. The lowest BCUT2D eigenvalue weighted by atomic mass is 9.82. The van der Waals surface area contributed by atoms with Crippen molar-refractivity contribution in [1.29, 1.82) is 0 Å². The van der Waals surface area contributed by atoms with E-state index in [1.54, 1.807) is 5.57 Å². The van der Waals surface area contributed by atoms with Crippen LogP contribution in [0.1, 0.15) is 32.6 Å². The van der Waals surface area contributed by atoms with Crippen molar-refractivity contribution in [2.24, 2.45) is 5.92 Å². The summed E-state index contributed by atoms with van der Waals surface area (Å²) in [5, 5.41) is 3.43. The molecule has 0 amide bonds. The molecule has 1 aliphatic heterocycles. The fraction of sp³-hybridized carbons (Fsp3) is 0.667. The maximum absolute atomic E-state index is 3.43. The van der Waals surface area contributed by atoms with E-state index in [-0.39, 0.29) is 0 Å². The van der Waals surface area contributed by atoms with Crippen molar-refractivity contribution in [3.63, 3.8) is 0 Å². The summed E-state index contributed by atoms with van der Waals surface area (Å²) in [6, 6.07) is 0. The average molecular weight is 177 g/mol. The third-order valence-electron chi connectivity index (χ3n) is 3.29. The van der Waals surface area contributed by atoms with Gasteiger partial charge < -0.3 is 5.32 Å². The van der Waals surface area contributed by atoms with Crippen molar-refractivity contribution >= 4 is 0 Å². The fourth-order valence-corrected chi connectivity index (χ4v) is 2.50. The third kappa shape index (κ3) is 2.02. The van der Waals surface area contributed by atoms with Crippen molar-refractivity contribution in [2.75, 3.05) is 13.1 Å². The van der Waals surface area contributed by atoms with Gasteiger partial charge in [0, 0.05) is 0 Å². The largest absolute Gasteiger partial charge is 0.317 e. The summed E-state index contributed by atoms with van der Waals surface area (Å²) >= 11 is 0. The van der Waals surface area contributed by atoms with Gasteiger partial charge in [-0.15, -0.1) is 0 Å². The van der Waals surface area contributed by atoms with E-state index < -0.39 is 0 Å². The Kier molecular flexibility index (Phi) is 2.84. The molecule has 2 rings (SSSR count). The second kappa shape index (κ2) is 4.10. The second-order valence-corrected chi connectivity index (χ2v) is 4.17. The number of hydrogen-bond acceptors (Lipinski definition) is 1. The summed E-state index contributed by atoms with van der Waals surface area (Å²) in [5.41, 5.74) is 3.28. The zero-order chi connectivity index (χ0) is 9.10. The maximum atomic E-state index is 3.43. The van der Waals surface area contributed by atoms with Gasteiger partial charge in [-0.1, -0.05) is 23.3 Å². The van der Waals surface area contributed by atoms with Crippen LogP contribution in [-0.2, 0) is 0 Å². The molecule has 1 fully saturated rings. The van der Waals surface area contributed by atoms with Crippen LogP contribution in [0.25, 0.3) is 0 Å². The van der Waals surface area contributed by atoms with Crippen LogP contribution in [0.4, 0.5) is 0 Å². The first kappa shape index (κ1) is 9.01. The SMILES string of the molecule is CC1=C(C2CCNCC2)CCC=C1. The summed E-state index contributed by atoms with van der Waals surface area (Å²) in [7, 11) is 0. The molecular weight excluding hydrogens is 158 g/mol. The fourth-order valence-electron chi connectivity index (χ4n) is 2.50. The lowest BCUT2D eigenvalue weighted by Crippen LogP contribution is -2.29. The molecule has 1 nitrogen and oxygen atoms in total. The van der Waals surface area contributed by atoms with Crippen LogP contribution in [0, 0.1) is 5.92 Å². The van der Waals surface area contributed by atoms with Crippen molar-refractivity contribution in [2.45, 2.75) is 32.6 Å². The van der Waals surface area contributed by atoms with Gasteiger partial charge in [0.1, 0.15) is 0 Å². The molecule has 0 atom stereocenters. The van der Waals surface area contributed by atoms with E-state index in [0.717, 1.165) is 5.92 Å². The van der Waals surface area contributed by atoms with Crippen molar-refractivity contribution in [3.8, 4) is 0 Å². The molecule has 1 heterocycles. The molecule has 0 aromatic rings. The minimum Gasteiger partial charge on any atom is -0.317 e. The van der Waals surface area contributed by atoms with Crippen LogP contribution in [-0.4, -0.2) is 13.1 Å². The predicted molar refractivity (Wildman–Crippen MR) is 56.7 cm³/mol. The molecule has 1 saturated heterocycles. The molecule has 1 heteroatoms. The standard InChI is InChI=1S/C12H19N/c1-10-4-2-3-5-12(10)11-6-8-13-9-7-11/h2,4,11,13H,3,5-9H2,1H3. The predicted octanol–water partition coefficient (Wildman–Crippen LogP) is 2.65. The van der Waals surface area contributed by atoms with Gasteiger partial charge in [-0.25, -0.2) is 0 Å². The zero-order valence-corrected chi connectivity index (χ0v) is 8.47. The van der Waals surface area contributed by atoms with Crippen LogP contribution in [0.3, 0.4) is 0 Å². The first-order chi connectivity index (χ1) is 6.38. The molecule has 2 aliphatic rings. The van der Waals surface area contributed by atoms with E-state index >= 15 is 0 Å². The first-order valence-corrected chi connectivity index (χ1v) is 5.45. The normalized spacial score (nSPS) is 25.3. The molecule has 72 valence electrons. The van der Waals surface area contributed by atoms with E-state index in [9.17, 15) is 0 Å². The van der Waals surface area contributed by atoms with E-state index in [0.29, 0.717) is 0 Å². The minimum absolute atomic E-state index is 0.881. The highest BCUT2D eigenvalue weighted by Gasteiger charge is 2.19. The minimum atomic E-state index is 0.881. The molecule has 0 aromatic carbocycles. The molecule has 0 radical (unpaired) electrons. The molecule has 13 heavy (non-hydrogen) atoms. The Morgan fingerprint density at radius 2 is 2.08 bits per heavy atom. The van der Waals surface area contributed by atoms with Gasteiger partial charge in [0.25, 0.3) is 0 Å². The Morgan fingerprint density at radius 3 is 2.77 bits per heavy atom. The summed E-state index contributed by atoms with van der Waals surface area (Å²) in [4.78, 5) is 0. The molecule has 0 spiro atoms. The van der Waals surface area contributed by atoms with Crippen LogP contribution in [0.15, 0.2) is 23.3 Å². The summed E-state index contributed by atoms with van der Waals surface area (Å²) < 4.78 is 0. The molecule has 0 aromatic heterocycles. The Balaban J connectivity index is 2.08. The third-order valence-corrected chi connectivity index (χ3v) is 3.29. The van der Waals surface area contributed by atoms with E-state index in [4.69, 9.17) is 0 Å². The van der Waals surface area contributed by atoms with Crippen LogP contribution < -0.4 is 5.32 Å². The van der Waals surface area contributed by atoms with Crippen LogP contribution in [0.2, 0.25) is 0 Å². The summed E-state index contributed by atoms with van der Waals surface area (Å²) in [5.74, 6) is 0.881. The molecule has 1 N–H and O–H groups in total. The van der Waals surface area contributed by atoms with Crippen LogP contribution in [0.5, 0.6) is 0 Å². The van der Waals surface area contributed by atoms with E-state index in [2.05, 4.69) is 24.4 Å². The van der Waals surface area contributed by atoms with Crippen LogP contribution >= 0.6 is 0 Å². The van der Waals surface area contributed by atoms with Crippen molar-refractivity contribution in [3.05, 3.63) is 23.3 Å². The number of allylic oxidation sites excluding steroid dienone is 4. The van der Waals surface area contributed by atoms with Gasteiger partial charge in [0.2, 0.25) is 0 Å². The van der Waals surface area contributed by atoms with Crippen molar-refractivity contribution in [1.82, 2.24) is 5.32 Å². The Bertz CT molecular complexity index is 232. The Labute approximate surface area is 80.9 Å². The first-order valence-electron chi connectivity index (χ1n) is 5.45. The van der Waals surface area contributed by atoms with Gasteiger partial charge in [-0.3, -0.25) is 0 Å². The van der Waals surface area contributed by atoms with E-state index in [1.165, 1.54) is 44.3 Å². The maximum Gasteiger partial charge on any atom is -0.00432 e. The highest BCUT2D eigenvalue weighted by atomic mass is 14.9. The van der Waals surface area contributed by atoms with Gasteiger partial charge in [-0.2, -0.15) is 0 Å².